The van der Waals surface area contributed by atoms with Gasteiger partial charge in [0.1, 0.15) is 18.2 Å². The van der Waals surface area contributed by atoms with Gasteiger partial charge in [0.25, 0.3) is 0 Å². The number of carbonyl (C=O) groups is 1. The molecule has 74 valence electrons. The Bertz CT molecular complexity index is 303. The Labute approximate surface area is 82.3 Å². The summed E-state index contributed by atoms with van der Waals surface area (Å²) in [5, 5.41) is 0. The van der Waals surface area contributed by atoms with Gasteiger partial charge in [-0.3, -0.25) is 4.79 Å². The molecular formula is C10H12N2O2. The Morgan fingerprint density at radius 2 is 2.14 bits per heavy atom. The molecule has 2 rings (SSSR count). The van der Waals surface area contributed by atoms with Crippen LogP contribution in [0.4, 0.5) is 0 Å². The Morgan fingerprint density at radius 3 is 2.79 bits per heavy atom. The van der Waals surface area contributed by atoms with Crippen molar-refractivity contribution in [1.82, 2.24) is 9.97 Å². The number of nitrogens with zero attached hydrogens (tertiary/aromatic N) is 2. The molecule has 0 aliphatic heterocycles. The van der Waals surface area contributed by atoms with Crippen LogP contribution in [0.1, 0.15) is 25.7 Å². The fourth-order valence-electron chi connectivity index (χ4n) is 1.55. The van der Waals surface area contributed by atoms with E-state index >= 15 is 0 Å². The van der Waals surface area contributed by atoms with Crippen LogP contribution in [0.25, 0.3) is 0 Å². The van der Waals surface area contributed by atoms with Crippen LogP contribution in [-0.4, -0.2) is 21.9 Å². The zero-order chi connectivity index (χ0) is 9.80. The van der Waals surface area contributed by atoms with Crippen molar-refractivity contribution in [1.29, 1.82) is 0 Å². The molecule has 14 heavy (non-hydrogen) atoms. The minimum Gasteiger partial charge on any atom is -0.474 e. The molecule has 0 bridgehead atoms. The number of carbonyl (C=O) groups excluding carboxylic acids is 1. The van der Waals surface area contributed by atoms with Crippen molar-refractivity contribution >= 4 is 5.78 Å². The third-order valence-corrected chi connectivity index (χ3v) is 2.33. The van der Waals surface area contributed by atoms with E-state index in [1.54, 1.807) is 12.3 Å². The number of rotatable bonds is 2. The summed E-state index contributed by atoms with van der Waals surface area (Å²) in [5.41, 5.74) is 0. The Morgan fingerprint density at radius 1 is 1.36 bits per heavy atom. The van der Waals surface area contributed by atoms with Gasteiger partial charge in [0.15, 0.2) is 0 Å². The van der Waals surface area contributed by atoms with E-state index in [0.717, 1.165) is 12.8 Å². The molecule has 1 aliphatic rings. The lowest BCUT2D eigenvalue weighted by Crippen LogP contribution is -2.24. The minimum absolute atomic E-state index is 0.141. The lowest BCUT2D eigenvalue weighted by atomic mass is 9.97. The summed E-state index contributed by atoms with van der Waals surface area (Å²) in [6.45, 7) is 0. The van der Waals surface area contributed by atoms with E-state index in [9.17, 15) is 4.79 Å². The molecule has 0 aromatic carbocycles. The molecule has 1 heterocycles. The molecule has 0 saturated heterocycles. The molecule has 1 aliphatic carbocycles. The predicted octanol–water partition coefficient (Wildman–Crippen LogP) is 1.37. The van der Waals surface area contributed by atoms with Crippen LogP contribution in [0.2, 0.25) is 0 Å². The molecule has 0 radical (unpaired) electrons. The molecule has 1 saturated carbocycles. The maximum Gasteiger partial charge on any atom is 0.216 e. The van der Waals surface area contributed by atoms with Gasteiger partial charge in [-0.15, -0.1) is 0 Å². The maximum absolute atomic E-state index is 11.0. The molecule has 4 nitrogen and oxygen atoms in total. The standard InChI is InChI=1S/C10H12N2O2/c13-8-1-3-9(4-2-8)14-10-5-6-11-7-12-10/h5-7,9H,1-4H2. The van der Waals surface area contributed by atoms with E-state index in [2.05, 4.69) is 9.97 Å². The maximum atomic E-state index is 11.0. The van der Waals surface area contributed by atoms with E-state index in [0.29, 0.717) is 24.5 Å². The van der Waals surface area contributed by atoms with Gasteiger partial charge in [-0.05, 0) is 12.8 Å². The molecule has 0 unspecified atom stereocenters. The molecule has 0 spiro atoms. The fourth-order valence-corrected chi connectivity index (χ4v) is 1.55. The first-order chi connectivity index (χ1) is 6.84. The summed E-state index contributed by atoms with van der Waals surface area (Å²) < 4.78 is 5.60. The molecule has 4 heteroatoms. The molecular weight excluding hydrogens is 180 g/mol. The van der Waals surface area contributed by atoms with Crippen molar-refractivity contribution in [3.8, 4) is 5.88 Å². The monoisotopic (exact) mass is 192 g/mol. The van der Waals surface area contributed by atoms with Gasteiger partial charge >= 0.3 is 0 Å². The van der Waals surface area contributed by atoms with Gasteiger partial charge in [-0.2, -0.15) is 0 Å². The first-order valence-corrected chi connectivity index (χ1v) is 4.79. The third-order valence-electron chi connectivity index (χ3n) is 2.33. The Balaban J connectivity index is 1.89. The quantitative estimate of drug-likeness (QED) is 0.710. The van der Waals surface area contributed by atoms with Gasteiger partial charge in [0.05, 0.1) is 0 Å². The van der Waals surface area contributed by atoms with Crippen molar-refractivity contribution in [3.63, 3.8) is 0 Å². The summed E-state index contributed by atoms with van der Waals surface area (Å²) >= 11 is 0. The highest BCUT2D eigenvalue weighted by Gasteiger charge is 2.20. The van der Waals surface area contributed by atoms with Gasteiger partial charge in [0.2, 0.25) is 5.88 Å². The summed E-state index contributed by atoms with van der Waals surface area (Å²) in [6, 6.07) is 1.73. The van der Waals surface area contributed by atoms with Gasteiger partial charge in [-0.1, -0.05) is 0 Å². The topological polar surface area (TPSA) is 52.1 Å². The van der Waals surface area contributed by atoms with E-state index < -0.39 is 0 Å². The summed E-state index contributed by atoms with van der Waals surface area (Å²) in [6.07, 6.45) is 6.14. The average Bonchev–Trinajstić information content (AvgIpc) is 2.23. The van der Waals surface area contributed by atoms with E-state index in [-0.39, 0.29) is 6.10 Å². The first kappa shape index (κ1) is 9.12. The Hall–Kier alpha value is -1.45. The number of aromatic nitrogens is 2. The fraction of sp³-hybridized carbons (Fsp3) is 0.500. The van der Waals surface area contributed by atoms with E-state index in [1.807, 2.05) is 0 Å². The second-order valence-electron chi connectivity index (χ2n) is 3.40. The second kappa shape index (κ2) is 4.17. The zero-order valence-electron chi connectivity index (χ0n) is 7.85. The largest absolute Gasteiger partial charge is 0.474 e. The van der Waals surface area contributed by atoms with Gasteiger partial charge in [-0.25, -0.2) is 9.97 Å². The van der Waals surface area contributed by atoms with Crippen LogP contribution in [-0.2, 0) is 4.79 Å². The highest BCUT2D eigenvalue weighted by molar-refractivity contribution is 5.79. The Kier molecular flexibility index (Phi) is 2.72. The van der Waals surface area contributed by atoms with Crippen LogP contribution in [0.5, 0.6) is 5.88 Å². The van der Waals surface area contributed by atoms with Crippen molar-refractivity contribution in [3.05, 3.63) is 18.6 Å². The van der Waals surface area contributed by atoms with Crippen LogP contribution >= 0.6 is 0 Å². The smallest absolute Gasteiger partial charge is 0.216 e. The molecule has 1 aromatic heterocycles. The molecule has 0 atom stereocenters. The summed E-state index contributed by atoms with van der Waals surface area (Å²) in [7, 11) is 0. The number of ketones is 1. The zero-order valence-corrected chi connectivity index (χ0v) is 7.85. The SMILES string of the molecule is O=C1CCC(Oc2ccncn2)CC1. The van der Waals surface area contributed by atoms with Crippen LogP contribution < -0.4 is 4.74 Å². The average molecular weight is 192 g/mol. The van der Waals surface area contributed by atoms with Crippen LogP contribution in [0.3, 0.4) is 0 Å². The molecule has 1 aromatic rings. The van der Waals surface area contributed by atoms with Crippen molar-refractivity contribution in [2.75, 3.05) is 0 Å². The lowest BCUT2D eigenvalue weighted by Gasteiger charge is -2.21. The van der Waals surface area contributed by atoms with E-state index in [1.165, 1.54) is 6.33 Å². The summed E-state index contributed by atoms with van der Waals surface area (Å²) in [4.78, 5) is 18.8. The van der Waals surface area contributed by atoms with Crippen LogP contribution in [0.15, 0.2) is 18.6 Å². The summed E-state index contributed by atoms with van der Waals surface area (Å²) in [5.74, 6) is 0.937. The van der Waals surface area contributed by atoms with E-state index in [4.69, 9.17) is 4.74 Å². The van der Waals surface area contributed by atoms with Crippen molar-refractivity contribution in [2.45, 2.75) is 31.8 Å². The van der Waals surface area contributed by atoms with Crippen LogP contribution in [0, 0.1) is 0 Å². The highest BCUT2D eigenvalue weighted by atomic mass is 16.5. The third kappa shape index (κ3) is 2.28. The molecule has 1 fully saturated rings. The normalized spacial score (nSPS) is 18.1. The van der Waals surface area contributed by atoms with Gasteiger partial charge < -0.3 is 4.74 Å². The second-order valence-corrected chi connectivity index (χ2v) is 3.40. The number of hydrogen-bond acceptors (Lipinski definition) is 4. The number of Topliss-reactive ketones (excluding diaryl/α,β-unsaturated/α-hetero) is 1. The number of hydrogen-bond donors (Lipinski definition) is 0. The lowest BCUT2D eigenvalue weighted by molar-refractivity contribution is -0.121. The number of ether oxygens (including phenoxy) is 1. The minimum atomic E-state index is 0.141. The predicted molar refractivity (Wildman–Crippen MR) is 49.9 cm³/mol. The molecule has 0 N–H and O–H groups in total. The molecule has 0 amide bonds. The highest BCUT2D eigenvalue weighted by Crippen LogP contribution is 2.19. The van der Waals surface area contributed by atoms with Crippen molar-refractivity contribution < 1.29 is 9.53 Å². The first-order valence-electron chi connectivity index (χ1n) is 4.79. The van der Waals surface area contributed by atoms with Crippen molar-refractivity contribution in [2.24, 2.45) is 0 Å². The van der Waals surface area contributed by atoms with Gasteiger partial charge in [0, 0.05) is 25.1 Å².